The maximum absolute atomic E-state index is 12.0. The Labute approximate surface area is 148 Å². The number of hydrogen-bond donors (Lipinski definition) is 2. The number of amides is 3. The lowest BCUT2D eigenvalue weighted by molar-refractivity contribution is 0.0957. The number of carbonyl (C=O) groups excluding carboxylic acids is 2. The number of nitrogens with zero attached hydrogens (tertiary/aromatic N) is 1. The molecule has 3 amide bonds. The Morgan fingerprint density at radius 1 is 1.20 bits per heavy atom. The minimum absolute atomic E-state index is 0.0895. The zero-order chi connectivity index (χ0) is 18.1. The molecule has 25 heavy (non-hydrogen) atoms. The molecular weight excluding hydrogens is 322 g/mol. The van der Waals surface area contributed by atoms with Gasteiger partial charge in [0.2, 0.25) is 0 Å². The number of hydrogen-bond acceptors (Lipinski definition) is 4. The number of rotatable bonds is 6. The minimum Gasteiger partial charge on any atom is -0.497 e. The summed E-state index contributed by atoms with van der Waals surface area (Å²) in [6.07, 6.45) is 1.97. The molecule has 0 aliphatic carbocycles. The average molecular weight is 349 g/mol. The number of carbonyl (C=O) groups is 2. The Bertz CT molecular complexity index is 554. The molecular formula is C18H27N3O4. The Balaban J connectivity index is 1.63. The Morgan fingerprint density at radius 2 is 1.88 bits per heavy atom. The summed E-state index contributed by atoms with van der Waals surface area (Å²) in [7, 11) is 1.64. The Morgan fingerprint density at radius 3 is 2.48 bits per heavy atom. The van der Waals surface area contributed by atoms with Gasteiger partial charge in [-0.2, -0.15) is 0 Å². The molecule has 1 saturated heterocycles. The van der Waals surface area contributed by atoms with Gasteiger partial charge in [-0.25, -0.2) is 9.59 Å². The number of urea groups is 1. The molecule has 0 aromatic heterocycles. The normalized spacial score (nSPS) is 14.7. The van der Waals surface area contributed by atoms with E-state index in [0.717, 1.165) is 30.6 Å². The summed E-state index contributed by atoms with van der Waals surface area (Å²) in [6, 6.07) is 7.72. The van der Waals surface area contributed by atoms with E-state index in [1.54, 1.807) is 18.9 Å². The van der Waals surface area contributed by atoms with Crippen molar-refractivity contribution in [3.05, 3.63) is 29.8 Å². The van der Waals surface area contributed by atoms with E-state index in [1.807, 2.05) is 24.3 Å². The smallest absolute Gasteiger partial charge is 0.409 e. The van der Waals surface area contributed by atoms with Gasteiger partial charge in [0.25, 0.3) is 0 Å². The Kier molecular flexibility index (Phi) is 7.37. The quantitative estimate of drug-likeness (QED) is 0.825. The van der Waals surface area contributed by atoms with E-state index in [0.29, 0.717) is 26.2 Å². The first kappa shape index (κ1) is 18.9. The fraction of sp³-hybridized carbons (Fsp3) is 0.556. The van der Waals surface area contributed by atoms with Gasteiger partial charge in [-0.3, -0.25) is 0 Å². The molecule has 7 heteroatoms. The van der Waals surface area contributed by atoms with Gasteiger partial charge in [-0.05, 0) is 43.9 Å². The maximum atomic E-state index is 12.0. The van der Waals surface area contributed by atoms with E-state index in [1.165, 1.54) is 0 Å². The van der Waals surface area contributed by atoms with Crippen molar-refractivity contribution in [1.82, 2.24) is 15.5 Å². The number of benzene rings is 1. The summed E-state index contributed by atoms with van der Waals surface area (Å²) >= 11 is 0. The second-order valence-corrected chi connectivity index (χ2v) is 5.96. The first-order valence-electron chi connectivity index (χ1n) is 8.71. The maximum Gasteiger partial charge on any atom is 0.409 e. The van der Waals surface area contributed by atoms with Gasteiger partial charge in [0, 0.05) is 25.7 Å². The van der Waals surface area contributed by atoms with Crippen molar-refractivity contribution in [3.8, 4) is 5.75 Å². The van der Waals surface area contributed by atoms with Crippen LogP contribution >= 0.6 is 0 Å². The number of methoxy groups -OCH3 is 1. The first-order chi connectivity index (χ1) is 12.1. The van der Waals surface area contributed by atoms with Crippen LogP contribution in [0.4, 0.5) is 9.59 Å². The third-order valence-corrected chi connectivity index (χ3v) is 4.21. The lowest BCUT2D eigenvalue weighted by Crippen LogP contribution is -2.49. The zero-order valence-corrected chi connectivity index (χ0v) is 14.9. The van der Waals surface area contributed by atoms with Crippen LogP contribution in [0.15, 0.2) is 24.3 Å². The highest BCUT2D eigenvalue weighted by Crippen LogP contribution is 2.12. The topological polar surface area (TPSA) is 79.9 Å². The summed E-state index contributed by atoms with van der Waals surface area (Å²) in [4.78, 5) is 25.3. The van der Waals surface area contributed by atoms with E-state index in [9.17, 15) is 9.59 Å². The standard InChI is InChI=1S/C18H27N3O4/c1-3-25-18(23)21-12-9-15(10-13-21)20-17(22)19-11-8-14-4-6-16(24-2)7-5-14/h4-7,15H,3,8-13H2,1-2H3,(H2,19,20,22). The van der Waals surface area contributed by atoms with E-state index in [2.05, 4.69) is 10.6 Å². The average Bonchev–Trinajstić information content (AvgIpc) is 2.63. The fourth-order valence-corrected chi connectivity index (χ4v) is 2.77. The van der Waals surface area contributed by atoms with Crippen LogP contribution in [-0.4, -0.2) is 56.4 Å². The molecule has 2 N–H and O–H groups in total. The molecule has 1 aromatic rings. The van der Waals surface area contributed by atoms with Gasteiger partial charge in [-0.1, -0.05) is 12.1 Å². The lowest BCUT2D eigenvalue weighted by Gasteiger charge is -2.31. The highest BCUT2D eigenvalue weighted by Gasteiger charge is 2.24. The zero-order valence-electron chi connectivity index (χ0n) is 14.9. The molecule has 0 unspecified atom stereocenters. The van der Waals surface area contributed by atoms with Crippen molar-refractivity contribution in [1.29, 1.82) is 0 Å². The third-order valence-electron chi connectivity index (χ3n) is 4.21. The van der Waals surface area contributed by atoms with Gasteiger partial charge < -0.3 is 25.0 Å². The van der Waals surface area contributed by atoms with Crippen molar-refractivity contribution in [2.75, 3.05) is 33.4 Å². The van der Waals surface area contributed by atoms with Crippen molar-refractivity contribution in [2.24, 2.45) is 0 Å². The second kappa shape index (κ2) is 9.76. The van der Waals surface area contributed by atoms with Crippen molar-refractivity contribution in [3.63, 3.8) is 0 Å². The molecule has 1 aliphatic rings. The van der Waals surface area contributed by atoms with Crippen molar-refractivity contribution >= 4 is 12.1 Å². The lowest BCUT2D eigenvalue weighted by atomic mass is 10.1. The molecule has 138 valence electrons. The van der Waals surface area contributed by atoms with Crippen LogP contribution in [-0.2, 0) is 11.2 Å². The van der Waals surface area contributed by atoms with Crippen molar-refractivity contribution in [2.45, 2.75) is 32.2 Å². The van der Waals surface area contributed by atoms with Crippen LogP contribution in [0.5, 0.6) is 5.75 Å². The SMILES string of the molecule is CCOC(=O)N1CCC(NC(=O)NCCc2ccc(OC)cc2)CC1. The highest BCUT2D eigenvalue weighted by molar-refractivity contribution is 5.74. The predicted molar refractivity (Wildman–Crippen MR) is 94.8 cm³/mol. The highest BCUT2D eigenvalue weighted by atomic mass is 16.6. The number of likely N-dealkylation sites (tertiary alicyclic amines) is 1. The summed E-state index contributed by atoms with van der Waals surface area (Å²) in [5.41, 5.74) is 1.14. The number of ether oxygens (including phenoxy) is 2. The summed E-state index contributed by atoms with van der Waals surface area (Å²) in [6.45, 7) is 3.96. The third kappa shape index (κ3) is 6.17. The van der Waals surface area contributed by atoms with Crippen LogP contribution in [0.1, 0.15) is 25.3 Å². The van der Waals surface area contributed by atoms with Crippen LogP contribution in [0.2, 0.25) is 0 Å². The molecule has 0 radical (unpaired) electrons. The molecule has 7 nitrogen and oxygen atoms in total. The molecule has 1 aliphatic heterocycles. The van der Waals surface area contributed by atoms with Crippen LogP contribution < -0.4 is 15.4 Å². The molecule has 0 saturated carbocycles. The van der Waals surface area contributed by atoms with Crippen LogP contribution in [0.25, 0.3) is 0 Å². The molecule has 1 aromatic carbocycles. The molecule has 1 fully saturated rings. The summed E-state index contributed by atoms with van der Waals surface area (Å²) in [5.74, 6) is 0.823. The summed E-state index contributed by atoms with van der Waals surface area (Å²) < 4.78 is 10.1. The van der Waals surface area contributed by atoms with Gasteiger partial charge >= 0.3 is 12.1 Å². The monoisotopic (exact) mass is 349 g/mol. The molecule has 0 spiro atoms. The van der Waals surface area contributed by atoms with E-state index >= 15 is 0 Å². The number of piperidine rings is 1. The van der Waals surface area contributed by atoms with Gasteiger partial charge in [-0.15, -0.1) is 0 Å². The predicted octanol–water partition coefficient (Wildman–Crippen LogP) is 2.16. The molecule has 2 rings (SSSR count). The first-order valence-corrected chi connectivity index (χ1v) is 8.71. The minimum atomic E-state index is -0.273. The van der Waals surface area contributed by atoms with Crippen LogP contribution in [0, 0.1) is 0 Å². The summed E-state index contributed by atoms with van der Waals surface area (Å²) in [5, 5.41) is 5.84. The van der Waals surface area contributed by atoms with Gasteiger partial charge in [0.15, 0.2) is 0 Å². The van der Waals surface area contributed by atoms with Gasteiger partial charge in [0.05, 0.1) is 13.7 Å². The molecule has 1 heterocycles. The van der Waals surface area contributed by atoms with Crippen molar-refractivity contribution < 1.29 is 19.1 Å². The van der Waals surface area contributed by atoms with E-state index in [-0.39, 0.29) is 18.2 Å². The van der Waals surface area contributed by atoms with E-state index < -0.39 is 0 Å². The van der Waals surface area contributed by atoms with E-state index in [4.69, 9.17) is 9.47 Å². The molecule has 0 bridgehead atoms. The van der Waals surface area contributed by atoms with Gasteiger partial charge in [0.1, 0.15) is 5.75 Å². The largest absolute Gasteiger partial charge is 0.497 e. The number of nitrogens with one attached hydrogen (secondary N) is 2. The Hall–Kier alpha value is -2.44. The molecule has 0 atom stereocenters. The fourth-order valence-electron chi connectivity index (χ4n) is 2.77. The van der Waals surface area contributed by atoms with Crippen LogP contribution in [0.3, 0.4) is 0 Å². The second-order valence-electron chi connectivity index (χ2n) is 5.96.